The Morgan fingerprint density at radius 2 is 1.93 bits per heavy atom. The van der Waals surface area contributed by atoms with Crippen LogP contribution in [-0.2, 0) is 16.7 Å². The van der Waals surface area contributed by atoms with E-state index in [-0.39, 0.29) is 11.9 Å². The number of amides is 1. The summed E-state index contributed by atoms with van der Waals surface area (Å²) in [5.41, 5.74) is 3.48. The highest BCUT2D eigenvalue weighted by atomic mass is 35.5. The highest BCUT2D eigenvalue weighted by Crippen LogP contribution is 2.24. The molecule has 2 unspecified atom stereocenters. The van der Waals surface area contributed by atoms with E-state index in [2.05, 4.69) is 15.6 Å². The van der Waals surface area contributed by atoms with Gasteiger partial charge in [0, 0.05) is 24.7 Å². The highest BCUT2D eigenvalue weighted by Gasteiger charge is 2.31. The smallest absolute Gasteiger partial charge is 0.265 e. The fraction of sp³-hybridized carbons (Fsp3) is 0.190. The zero-order valence-corrected chi connectivity index (χ0v) is 16.0. The van der Waals surface area contributed by atoms with Crippen LogP contribution in [0, 0.1) is 0 Å². The highest BCUT2D eigenvalue weighted by molar-refractivity contribution is 6.30. The Kier molecular flexibility index (Phi) is 5.12. The second-order valence-electron chi connectivity index (χ2n) is 6.58. The van der Waals surface area contributed by atoms with Gasteiger partial charge in [-0.1, -0.05) is 59.2 Å². The molecule has 0 saturated heterocycles. The second kappa shape index (κ2) is 7.86. The number of halogens is 1. The Labute approximate surface area is 167 Å². The number of rotatable bonds is 5. The number of aryl methyl sites for hydroxylation is 1. The maximum absolute atomic E-state index is 12.9. The fourth-order valence-electron chi connectivity index (χ4n) is 3.21. The third-order valence-corrected chi connectivity index (χ3v) is 4.96. The fourth-order valence-corrected chi connectivity index (χ4v) is 3.33. The molecule has 28 heavy (non-hydrogen) atoms. The Balaban J connectivity index is 1.50. The minimum Gasteiger partial charge on any atom is -0.382 e. The molecule has 0 saturated carbocycles. The lowest BCUT2D eigenvalue weighted by atomic mass is 10.0. The quantitative estimate of drug-likeness (QED) is 0.720. The van der Waals surface area contributed by atoms with Gasteiger partial charge in [0.05, 0.1) is 17.4 Å². The zero-order chi connectivity index (χ0) is 19.5. The summed E-state index contributed by atoms with van der Waals surface area (Å²) < 4.78 is 1.75. The lowest BCUT2D eigenvalue weighted by molar-refractivity contribution is -0.131. The number of carbonyl (C=O) groups is 1. The molecule has 2 atom stereocenters. The Bertz CT molecular complexity index is 999. The van der Waals surface area contributed by atoms with E-state index in [0.717, 1.165) is 22.5 Å². The normalized spacial score (nSPS) is 16.9. The van der Waals surface area contributed by atoms with Crippen LogP contribution in [0.5, 0.6) is 0 Å². The SMILES string of the molecule is Cn1nccc1C(NC(=O)C1CC(c2ccc(Cl)cc2)=NO1)c1ccccc1. The molecule has 1 N–H and O–H groups in total. The summed E-state index contributed by atoms with van der Waals surface area (Å²) >= 11 is 5.93. The van der Waals surface area contributed by atoms with E-state index in [0.29, 0.717) is 11.4 Å². The first-order valence-electron chi connectivity index (χ1n) is 8.93. The number of aromatic nitrogens is 2. The first kappa shape index (κ1) is 18.3. The first-order valence-corrected chi connectivity index (χ1v) is 9.31. The number of carbonyl (C=O) groups excluding carboxylic acids is 1. The van der Waals surface area contributed by atoms with Gasteiger partial charge in [-0.25, -0.2) is 0 Å². The molecule has 3 aromatic rings. The molecule has 0 radical (unpaired) electrons. The average Bonchev–Trinajstić information content (AvgIpc) is 3.37. The van der Waals surface area contributed by atoms with Gasteiger partial charge in [-0.2, -0.15) is 5.10 Å². The van der Waals surface area contributed by atoms with Gasteiger partial charge in [0.1, 0.15) is 0 Å². The van der Waals surface area contributed by atoms with E-state index >= 15 is 0 Å². The molecule has 2 aromatic carbocycles. The van der Waals surface area contributed by atoms with Crippen molar-refractivity contribution in [2.24, 2.45) is 12.2 Å². The number of nitrogens with one attached hydrogen (secondary N) is 1. The molecule has 142 valence electrons. The van der Waals surface area contributed by atoms with Crippen LogP contribution in [0.15, 0.2) is 72.0 Å². The molecular formula is C21H19ClN4O2. The minimum absolute atomic E-state index is 0.220. The van der Waals surface area contributed by atoms with Crippen molar-refractivity contribution >= 4 is 23.2 Å². The molecule has 0 spiro atoms. The van der Waals surface area contributed by atoms with Gasteiger partial charge in [-0.05, 0) is 29.3 Å². The molecular weight excluding hydrogens is 376 g/mol. The van der Waals surface area contributed by atoms with Gasteiger partial charge in [-0.3, -0.25) is 9.48 Å². The van der Waals surface area contributed by atoms with Crippen LogP contribution in [0.1, 0.15) is 29.3 Å². The van der Waals surface area contributed by atoms with Crippen LogP contribution in [0.3, 0.4) is 0 Å². The van der Waals surface area contributed by atoms with Crippen LogP contribution >= 0.6 is 11.6 Å². The molecule has 7 heteroatoms. The maximum Gasteiger partial charge on any atom is 0.265 e. The predicted octanol–water partition coefficient (Wildman–Crippen LogP) is 3.47. The molecule has 1 aromatic heterocycles. The second-order valence-corrected chi connectivity index (χ2v) is 7.01. The van der Waals surface area contributed by atoms with Crippen molar-refractivity contribution in [3.05, 3.63) is 88.7 Å². The Morgan fingerprint density at radius 3 is 2.61 bits per heavy atom. The van der Waals surface area contributed by atoms with Crippen molar-refractivity contribution < 1.29 is 9.63 Å². The van der Waals surface area contributed by atoms with Gasteiger partial charge >= 0.3 is 0 Å². The Hall–Kier alpha value is -3.12. The summed E-state index contributed by atoms with van der Waals surface area (Å²) in [5.74, 6) is -0.220. The number of oxime groups is 1. The molecule has 0 bridgehead atoms. The number of hydrogen-bond acceptors (Lipinski definition) is 4. The molecule has 1 aliphatic heterocycles. The van der Waals surface area contributed by atoms with Gasteiger partial charge in [0.15, 0.2) is 0 Å². The van der Waals surface area contributed by atoms with Crippen LogP contribution in [0.2, 0.25) is 5.02 Å². The number of hydrogen-bond donors (Lipinski definition) is 1. The molecule has 2 heterocycles. The largest absolute Gasteiger partial charge is 0.382 e. The minimum atomic E-state index is -0.676. The number of nitrogens with zero attached hydrogens (tertiary/aromatic N) is 3. The van der Waals surface area contributed by atoms with Crippen molar-refractivity contribution in [3.63, 3.8) is 0 Å². The van der Waals surface area contributed by atoms with Crippen molar-refractivity contribution in [1.82, 2.24) is 15.1 Å². The first-order chi connectivity index (χ1) is 13.6. The van der Waals surface area contributed by atoms with Gasteiger partial charge < -0.3 is 10.2 Å². The van der Waals surface area contributed by atoms with Gasteiger partial charge in [0.25, 0.3) is 5.91 Å². The van der Waals surface area contributed by atoms with Gasteiger partial charge in [-0.15, -0.1) is 0 Å². The van der Waals surface area contributed by atoms with E-state index in [1.54, 1.807) is 23.0 Å². The Morgan fingerprint density at radius 1 is 1.18 bits per heavy atom. The lowest BCUT2D eigenvalue weighted by Gasteiger charge is -2.21. The van der Waals surface area contributed by atoms with E-state index in [9.17, 15) is 4.79 Å². The maximum atomic E-state index is 12.9. The third-order valence-electron chi connectivity index (χ3n) is 4.71. The summed E-state index contributed by atoms with van der Waals surface area (Å²) in [6, 6.07) is 18.7. The van der Waals surface area contributed by atoms with Crippen LogP contribution in [-0.4, -0.2) is 27.5 Å². The topological polar surface area (TPSA) is 68.5 Å². The summed E-state index contributed by atoms with van der Waals surface area (Å²) in [4.78, 5) is 18.3. The van der Waals surface area contributed by atoms with Crippen molar-refractivity contribution in [3.8, 4) is 0 Å². The summed E-state index contributed by atoms with van der Waals surface area (Å²) in [6.45, 7) is 0. The van der Waals surface area contributed by atoms with E-state index < -0.39 is 6.10 Å². The zero-order valence-electron chi connectivity index (χ0n) is 15.2. The lowest BCUT2D eigenvalue weighted by Crippen LogP contribution is -2.38. The van der Waals surface area contributed by atoms with E-state index in [1.165, 1.54) is 0 Å². The van der Waals surface area contributed by atoms with Gasteiger partial charge in [0.2, 0.25) is 6.10 Å². The molecule has 4 rings (SSSR count). The van der Waals surface area contributed by atoms with Crippen molar-refractivity contribution in [2.75, 3.05) is 0 Å². The monoisotopic (exact) mass is 394 g/mol. The molecule has 6 nitrogen and oxygen atoms in total. The molecule has 0 fully saturated rings. The van der Waals surface area contributed by atoms with E-state index in [4.69, 9.17) is 16.4 Å². The van der Waals surface area contributed by atoms with Crippen LogP contribution < -0.4 is 5.32 Å². The van der Waals surface area contributed by atoms with E-state index in [1.807, 2.05) is 55.6 Å². The molecule has 1 amide bonds. The molecule has 0 aliphatic carbocycles. The summed E-state index contributed by atoms with van der Waals surface area (Å²) in [5, 5.41) is 12.1. The van der Waals surface area contributed by atoms with Crippen molar-refractivity contribution in [2.45, 2.75) is 18.6 Å². The van der Waals surface area contributed by atoms with Crippen LogP contribution in [0.25, 0.3) is 0 Å². The third kappa shape index (κ3) is 3.77. The summed E-state index contributed by atoms with van der Waals surface area (Å²) in [7, 11) is 1.85. The van der Waals surface area contributed by atoms with Crippen molar-refractivity contribution in [1.29, 1.82) is 0 Å². The predicted molar refractivity (Wildman–Crippen MR) is 107 cm³/mol. The number of benzene rings is 2. The molecule has 1 aliphatic rings. The van der Waals surface area contributed by atoms with Crippen LogP contribution in [0.4, 0.5) is 0 Å². The standard InChI is InChI=1S/C21H19ClN4O2/c1-26-18(11-12-23-26)20(15-5-3-2-4-6-15)24-21(27)19-13-17(25-28-19)14-7-9-16(22)10-8-14/h2-12,19-20H,13H2,1H3,(H,24,27). The summed E-state index contributed by atoms with van der Waals surface area (Å²) in [6.07, 6.45) is 1.44. The average molecular weight is 395 g/mol.